The van der Waals surface area contributed by atoms with Crippen molar-refractivity contribution in [1.82, 2.24) is 14.9 Å². The summed E-state index contributed by atoms with van der Waals surface area (Å²) in [5, 5.41) is 4.70. The molecule has 3 rings (SSSR count). The fourth-order valence-electron chi connectivity index (χ4n) is 3.24. The van der Waals surface area contributed by atoms with Crippen molar-refractivity contribution in [1.29, 1.82) is 0 Å². The molecule has 1 aromatic rings. The Kier molecular flexibility index (Phi) is 6.05. The second-order valence-corrected chi connectivity index (χ2v) is 8.57. The fourth-order valence-corrected chi connectivity index (χ4v) is 4.73. The average molecular weight is 419 g/mol. The summed E-state index contributed by atoms with van der Waals surface area (Å²) in [5.74, 6) is -0.260. The van der Waals surface area contributed by atoms with Gasteiger partial charge < -0.3 is 15.8 Å². The van der Waals surface area contributed by atoms with E-state index in [2.05, 4.69) is 10.6 Å². The van der Waals surface area contributed by atoms with Crippen molar-refractivity contribution in [3.05, 3.63) is 23.8 Å². The zero-order valence-electron chi connectivity index (χ0n) is 15.0. The number of urea groups is 1. The van der Waals surface area contributed by atoms with Crippen LogP contribution in [0.4, 0.5) is 4.79 Å². The van der Waals surface area contributed by atoms with Crippen LogP contribution in [0.3, 0.4) is 0 Å². The number of amides is 3. The van der Waals surface area contributed by atoms with Gasteiger partial charge in [0.1, 0.15) is 11.3 Å². The molecule has 4 N–H and O–H groups in total. The average Bonchev–Trinajstić information content (AvgIpc) is 2.87. The first kappa shape index (κ1) is 21.4. The zero-order chi connectivity index (χ0) is 19.1. The van der Waals surface area contributed by atoms with E-state index in [0.717, 1.165) is 0 Å². The van der Waals surface area contributed by atoms with E-state index < -0.39 is 27.5 Å². The molecule has 0 bridgehead atoms. The van der Waals surface area contributed by atoms with Gasteiger partial charge in [-0.2, -0.15) is 4.31 Å². The Morgan fingerprint density at radius 2 is 1.89 bits per heavy atom. The van der Waals surface area contributed by atoms with E-state index in [4.69, 9.17) is 10.5 Å². The quantitative estimate of drug-likeness (QED) is 0.602. The molecule has 2 aliphatic heterocycles. The van der Waals surface area contributed by atoms with Crippen molar-refractivity contribution >= 4 is 34.4 Å². The van der Waals surface area contributed by atoms with Gasteiger partial charge in [-0.15, -0.1) is 12.4 Å². The molecule has 2 heterocycles. The number of nitrogens with zero attached hydrogens (tertiary/aromatic N) is 1. The number of hydrogen-bond donors (Lipinski definition) is 3. The highest BCUT2D eigenvalue weighted by molar-refractivity contribution is 7.89. The van der Waals surface area contributed by atoms with E-state index in [1.807, 2.05) is 0 Å². The number of nitrogens with two attached hydrogens (primary N) is 1. The summed E-state index contributed by atoms with van der Waals surface area (Å²) in [6, 6.07) is 3.67. The number of halogens is 1. The summed E-state index contributed by atoms with van der Waals surface area (Å²) >= 11 is 0. The number of imide groups is 1. The third kappa shape index (κ3) is 3.75. The van der Waals surface area contributed by atoms with Crippen molar-refractivity contribution in [2.45, 2.75) is 36.2 Å². The molecule has 1 unspecified atom stereocenters. The van der Waals surface area contributed by atoms with Crippen LogP contribution in [-0.2, 0) is 20.4 Å². The highest BCUT2D eigenvalue weighted by Gasteiger charge is 2.46. The molecule has 0 aliphatic carbocycles. The third-order valence-electron chi connectivity index (χ3n) is 4.89. The van der Waals surface area contributed by atoms with Crippen LogP contribution >= 0.6 is 12.4 Å². The Hall–Kier alpha value is -1.88. The first-order valence-corrected chi connectivity index (χ1v) is 9.70. The molecule has 11 heteroatoms. The van der Waals surface area contributed by atoms with Crippen molar-refractivity contribution < 1.29 is 22.7 Å². The lowest BCUT2D eigenvalue weighted by Gasteiger charge is -2.30. The molecule has 1 atom stereocenters. The molecule has 2 aliphatic rings. The molecule has 0 aromatic heterocycles. The van der Waals surface area contributed by atoms with Crippen LogP contribution < -0.4 is 21.1 Å². The maximum absolute atomic E-state index is 13.0. The fraction of sp³-hybridized carbons (Fsp3) is 0.500. The van der Waals surface area contributed by atoms with Gasteiger partial charge in [0, 0.05) is 24.7 Å². The number of nitrogens with one attached hydrogen (secondary N) is 2. The van der Waals surface area contributed by atoms with E-state index in [-0.39, 0.29) is 28.9 Å². The summed E-state index contributed by atoms with van der Waals surface area (Å²) in [6.07, 6.45) is 1.19. The second kappa shape index (κ2) is 7.63. The second-order valence-electron chi connectivity index (χ2n) is 6.64. The maximum atomic E-state index is 13.0. The van der Waals surface area contributed by atoms with E-state index in [9.17, 15) is 18.0 Å². The first-order valence-electron chi connectivity index (χ1n) is 8.26. The van der Waals surface area contributed by atoms with Gasteiger partial charge in [-0.25, -0.2) is 13.2 Å². The van der Waals surface area contributed by atoms with Gasteiger partial charge in [-0.1, -0.05) is 0 Å². The van der Waals surface area contributed by atoms with Gasteiger partial charge in [0.15, 0.2) is 0 Å². The number of hydrogen-bond acceptors (Lipinski definition) is 6. The minimum atomic E-state index is -3.74. The van der Waals surface area contributed by atoms with Crippen LogP contribution in [-0.4, -0.2) is 50.9 Å². The SMILES string of the molecule is COc1ccc(S(=O)(=O)N2CCC(N)CC2)cc1C1(C)NC(=O)NC1=O.Cl. The van der Waals surface area contributed by atoms with E-state index in [1.54, 1.807) is 0 Å². The minimum absolute atomic E-state index is 0. The van der Waals surface area contributed by atoms with E-state index in [1.165, 1.54) is 36.5 Å². The molecular formula is C16H23ClN4O5S. The highest BCUT2D eigenvalue weighted by Crippen LogP contribution is 2.35. The molecule has 0 radical (unpaired) electrons. The molecule has 1 aromatic carbocycles. The number of rotatable bonds is 4. The van der Waals surface area contributed by atoms with Crippen LogP contribution in [0.15, 0.2) is 23.1 Å². The molecule has 3 amide bonds. The van der Waals surface area contributed by atoms with Crippen LogP contribution in [0.5, 0.6) is 5.75 Å². The topological polar surface area (TPSA) is 131 Å². The van der Waals surface area contributed by atoms with Crippen LogP contribution in [0.2, 0.25) is 0 Å². The zero-order valence-corrected chi connectivity index (χ0v) is 16.7. The normalized spacial score (nSPS) is 24.1. The number of methoxy groups -OCH3 is 1. The molecule has 9 nitrogen and oxygen atoms in total. The van der Waals surface area contributed by atoms with Crippen molar-refractivity contribution in [2.24, 2.45) is 5.73 Å². The van der Waals surface area contributed by atoms with Gasteiger partial charge >= 0.3 is 6.03 Å². The molecular weight excluding hydrogens is 396 g/mol. The Balaban J connectivity index is 0.00000261. The van der Waals surface area contributed by atoms with Crippen LogP contribution in [0, 0.1) is 0 Å². The standard InChI is InChI=1S/C16H22N4O5S.ClH/c1-16(14(21)18-15(22)19-16)12-9-11(3-4-13(12)25-2)26(23,24)20-7-5-10(17)6-8-20;/h3-4,9-10H,5-8,17H2,1-2H3,(H2,18,19,21,22);1H. The molecule has 0 saturated carbocycles. The first-order chi connectivity index (χ1) is 12.2. The van der Waals surface area contributed by atoms with Gasteiger partial charge in [0.2, 0.25) is 10.0 Å². The van der Waals surface area contributed by atoms with E-state index in [0.29, 0.717) is 31.7 Å². The van der Waals surface area contributed by atoms with Crippen LogP contribution in [0.1, 0.15) is 25.3 Å². The van der Waals surface area contributed by atoms with Gasteiger partial charge in [0.05, 0.1) is 12.0 Å². The monoisotopic (exact) mass is 418 g/mol. The summed E-state index contributed by atoms with van der Waals surface area (Å²) in [5.41, 5.74) is 4.70. The molecule has 0 spiro atoms. The number of ether oxygens (including phenoxy) is 1. The van der Waals surface area contributed by atoms with Gasteiger partial charge in [-0.3, -0.25) is 10.1 Å². The number of carbonyl (C=O) groups is 2. The lowest BCUT2D eigenvalue weighted by molar-refractivity contribution is -0.123. The molecule has 27 heavy (non-hydrogen) atoms. The minimum Gasteiger partial charge on any atom is -0.496 e. The van der Waals surface area contributed by atoms with Gasteiger partial charge in [0.25, 0.3) is 5.91 Å². The number of benzene rings is 1. The van der Waals surface area contributed by atoms with Crippen molar-refractivity contribution in [3.8, 4) is 5.75 Å². The van der Waals surface area contributed by atoms with Crippen LogP contribution in [0.25, 0.3) is 0 Å². The smallest absolute Gasteiger partial charge is 0.322 e. The Bertz CT molecular complexity index is 854. The number of carbonyl (C=O) groups excluding carboxylic acids is 2. The molecule has 150 valence electrons. The predicted molar refractivity (Wildman–Crippen MR) is 100 cm³/mol. The third-order valence-corrected chi connectivity index (χ3v) is 6.79. The summed E-state index contributed by atoms with van der Waals surface area (Å²) < 4.78 is 32.6. The largest absolute Gasteiger partial charge is 0.496 e. The molecule has 2 fully saturated rings. The van der Waals surface area contributed by atoms with Crippen molar-refractivity contribution in [3.63, 3.8) is 0 Å². The highest BCUT2D eigenvalue weighted by atomic mass is 35.5. The van der Waals surface area contributed by atoms with Crippen molar-refractivity contribution in [2.75, 3.05) is 20.2 Å². The predicted octanol–water partition coefficient (Wildman–Crippen LogP) is 0.283. The van der Waals surface area contributed by atoms with E-state index >= 15 is 0 Å². The Morgan fingerprint density at radius 3 is 2.41 bits per heavy atom. The Morgan fingerprint density at radius 1 is 1.26 bits per heavy atom. The number of sulfonamides is 1. The Labute approximate surface area is 164 Å². The van der Waals surface area contributed by atoms with Gasteiger partial charge in [-0.05, 0) is 38.0 Å². The lowest BCUT2D eigenvalue weighted by atomic mass is 9.91. The summed E-state index contributed by atoms with van der Waals surface area (Å²) in [6.45, 7) is 2.19. The summed E-state index contributed by atoms with van der Waals surface area (Å²) in [4.78, 5) is 23.9. The summed E-state index contributed by atoms with van der Waals surface area (Å²) in [7, 11) is -2.33. The molecule has 2 saturated heterocycles. The maximum Gasteiger partial charge on any atom is 0.322 e. The number of piperidine rings is 1. The lowest BCUT2D eigenvalue weighted by Crippen LogP contribution is -2.43.